The summed E-state index contributed by atoms with van der Waals surface area (Å²) in [6.07, 6.45) is 1.28. The van der Waals surface area contributed by atoms with Gasteiger partial charge in [0.25, 0.3) is 5.56 Å². The van der Waals surface area contributed by atoms with Gasteiger partial charge in [0.05, 0.1) is 18.2 Å². The van der Waals surface area contributed by atoms with Crippen molar-refractivity contribution in [3.05, 3.63) is 34.6 Å². The van der Waals surface area contributed by atoms with E-state index in [1.54, 1.807) is 29.2 Å². The average Bonchev–Trinajstić information content (AvgIpc) is 2.60. The van der Waals surface area contributed by atoms with E-state index in [1.807, 2.05) is 0 Å². The molecule has 0 bridgehead atoms. The number of hydrogen-bond acceptors (Lipinski definition) is 6. The van der Waals surface area contributed by atoms with E-state index >= 15 is 0 Å². The molecule has 1 aliphatic rings. The lowest BCUT2D eigenvalue weighted by molar-refractivity contribution is -0.132. The van der Waals surface area contributed by atoms with Crippen LogP contribution in [0.5, 0.6) is 0 Å². The number of aromatic nitrogens is 3. The Bertz CT molecular complexity index is 948. The van der Waals surface area contributed by atoms with Crippen molar-refractivity contribution in [1.82, 2.24) is 24.2 Å². The molecule has 1 aromatic carbocycles. The van der Waals surface area contributed by atoms with Crippen LogP contribution in [0.3, 0.4) is 0 Å². The van der Waals surface area contributed by atoms with Crippen LogP contribution >= 0.6 is 0 Å². The minimum absolute atomic E-state index is 0.117. The number of piperazine rings is 1. The lowest BCUT2D eigenvalue weighted by Crippen LogP contribution is -2.50. The Morgan fingerprint density at radius 1 is 1.16 bits per heavy atom. The Labute approximate surface area is 144 Å². The van der Waals surface area contributed by atoms with Crippen LogP contribution in [0, 0.1) is 0 Å². The summed E-state index contributed by atoms with van der Waals surface area (Å²) in [6.45, 7) is 1.43. The Balaban J connectivity index is 1.62. The van der Waals surface area contributed by atoms with E-state index in [0.29, 0.717) is 37.1 Å². The van der Waals surface area contributed by atoms with Gasteiger partial charge >= 0.3 is 0 Å². The van der Waals surface area contributed by atoms with Crippen LogP contribution in [-0.4, -0.2) is 71.0 Å². The number of carbonyl (C=O) groups is 1. The van der Waals surface area contributed by atoms with E-state index in [4.69, 9.17) is 0 Å². The number of amides is 1. The van der Waals surface area contributed by atoms with E-state index in [0.717, 1.165) is 6.26 Å². The highest BCUT2D eigenvalue weighted by molar-refractivity contribution is 7.88. The SMILES string of the molecule is CS(=O)(=O)N1CCN(C(=O)CCn2nnc3ccccc3c2=O)CC1. The van der Waals surface area contributed by atoms with E-state index in [1.165, 1.54) is 8.99 Å². The van der Waals surface area contributed by atoms with Gasteiger partial charge in [-0.25, -0.2) is 13.1 Å². The maximum atomic E-state index is 12.3. The largest absolute Gasteiger partial charge is 0.340 e. The van der Waals surface area contributed by atoms with Crippen molar-refractivity contribution in [3.8, 4) is 0 Å². The summed E-state index contributed by atoms with van der Waals surface area (Å²) in [4.78, 5) is 26.2. The van der Waals surface area contributed by atoms with Gasteiger partial charge in [0, 0.05) is 32.6 Å². The number of fused-ring (bicyclic) bond motifs is 1. The highest BCUT2D eigenvalue weighted by Gasteiger charge is 2.25. The maximum Gasteiger partial charge on any atom is 0.277 e. The molecule has 1 fully saturated rings. The molecule has 0 radical (unpaired) electrons. The highest BCUT2D eigenvalue weighted by atomic mass is 32.2. The first-order valence-corrected chi connectivity index (χ1v) is 9.76. The van der Waals surface area contributed by atoms with Crippen LogP contribution in [-0.2, 0) is 21.4 Å². The molecule has 1 aliphatic heterocycles. The van der Waals surface area contributed by atoms with Crippen LogP contribution in [0.1, 0.15) is 6.42 Å². The van der Waals surface area contributed by atoms with Crippen LogP contribution in [0.4, 0.5) is 0 Å². The average molecular weight is 365 g/mol. The lowest BCUT2D eigenvalue weighted by Gasteiger charge is -2.33. The third-order valence-corrected chi connectivity index (χ3v) is 5.53. The van der Waals surface area contributed by atoms with Gasteiger partial charge in [-0.2, -0.15) is 4.31 Å². The summed E-state index contributed by atoms with van der Waals surface area (Å²) in [6, 6.07) is 6.91. The molecule has 0 aliphatic carbocycles. The number of carbonyl (C=O) groups excluding carboxylic acids is 1. The van der Waals surface area contributed by atoms with Crippen molar-refractivity contribution in [2.45, 2.75) is 13.0 Å². The second kappa shape index (κ2) is 6.89. The third-order valence-electron chi connectivity index (χ3n) is 4.23. The number of benzene rings is 1. The number of rotatable bonds is 4. The van der Waals surface area contributed by atoms with Crippen LogP contribution in [0.15, 0.2) is 29.1 Å². The van der Waals surface area contributed by atoms with Crippen LogP contribution < -0.4 is 5.56 Å². The van der Waals surface area contributed by atoms with Crippen molar-refractivity contribution in [2.24, 2.45) is 0 Å². The third kappa shape index (κ3) is 3.85. The van der Waals surface area contributed by atoms with Gasteiger partial charge in [-0.1, -0.05) is 17.3 Å². The second-order valence-electron chi connectivity index (χ2n) is 5.93. The number of aryl methyl sites for hydroxylation is 1. The summed E-state index contributed by atoms with van der Waals surface area (Å²) in [7, 11) is -3.23. The van der Waals surface area contributed by atoms with E-state index in [9.17, 15) is 18.0 Å². The smallest absolute Gasteiger partial charge is 0.277 e. The molecular formula is C15H19N5O4S. The first-order chi connectivity index (χ1) is 11.9. The summed E-state index contributed by atoms with van der Waals surface area (Å²) in [5.41, 5.74) is 0.243. The molecule has 9 nitrogen and oxygen atoms in total. The topological polar surface area (TPSA) is 105 Å². The maximum absolute atomic E-state index is 12.3. The summed E-state index contributed by atoms with van der Waals surface area (Å²) >= 11 is 0. The number of hydrogen-bond donors (Lipinski definition) is 0. The Hall–Kier alpha value is -2.33. The number of sulfonamides is 1. The van der Waals surface area contributed by atoms with Crippen molar-refractivity contribution in [1.29, 1.82) is 0 Å². The molecule has 1 amide bonds. The van der Waals surface area contributed by atoms with Crippen molar-refractivity contribution < 1.29 is 13.2 Å². The predicted octanol–water partition coefficient (Wildman–Crippen LogP) is -0.715. The number of nitrogens with zero attached hydrogens (tertiary/aromatic N) is 5. The molecule has 0 N–H and O–H groups in total. The normalized spacial score (nSPS) is 16.3. The molecule has 25 heavy (non-hydrogen) atoms. The molecule has 0 atom stereocenters. The Kier molecular flexibility index (Phi) is 4.82. The molecule has 10 heteroatoms. The van der Waals surface area contributed by atoms with Gasteiger partial charge in [0.2, 0.25) is 15.9 Å². The van der Waals surface area contributed by atoms with E-state index in [2.05, 4.69) is 10.3 Å². The molecule has 134 valence electrons. The molecule has 2 aromatic rings. The van der Waals surface area contributed by atoms with Gasteiger partial charge in [0.15, 0.2) is 0 Å². The lowest BCUT2D eigenvalue weighted by atomic mass is 10.2. The minimum Gasteiger partial charge on any atom is -0.340 e. The summed E-state index contributed by atoms with van der Waals surface area (Å²) in [5.74, 6) is -0.130. The summed E-state index contributed by atoms with van der Waals surface area (Å²) in [5, 5.41) is 8.31. The molecule has 0 unspecified atom stereocenters. The molecular weight excluding hydrogens is 346 g/mol. The zero-order valence-corrected chi connectivity index (χ0v) is 14.6. The molecule has 0 saturated carbocycles. The Morgan fingerprint density at radius 3 is 2.52 bits per heavy atom. The van der Waals surface area contributed by atoms with Crippen molar-refractivity contribution in [3.63, 3.8) is 0 Å². The van der Waals surface area contributed by atoms with E-state index in [-0.39, 0.29) is 24.4 Å². The monoisotopic (exact) mass is 365 g/mol. The molecule has 1 aromatic heterocycles. The Morgan fingerprint density at radius 2 is 1.84 bits per heavy atom. The van der Waals surface area contributed by atoms with Gasteiger partial charge in [-0.15, -0.1) is 5.10 Å². The van der Waals surface area contributed by atoms with Gasteiger partial charge in [0.1, 0.15) is 5.52 Å². The second-order valence-corrected chi connectivity index (χ2v) is 7.91. The van der Waals surface area contributed by atoms with E-state index < -0.39 is 10.0 Å². The van der Waals surface area contributed by atoms with Crippen molar-refractivity contribution >= 4 is 26.8 Å². The molecule has 3 rings (SSSR count). The van der Waals surface area contributed by atoms with Gasteiger partial charge in [-0.3, -0.25) is 9.59 Å². The zero-order valence-electron chi connectivity index (χ0n) is 13.8. The fourth-order valence-electron chi connectivity index (χ4n) is 2.80. The van der Waals surface area contributed by atoms with Crippen LogP contribution in [0.2, 0.25) is 0 Å². The molecule has 0 spiro atoms. The molecule has 1 saturated heterocycles. The van der Waals surface area contributed by atoms with Crippen molar-refractivity contribution in [2.75, 3.05) is 32.4 Å². The fourth-order valence-corrected chi connectivity index (χ4v) is 3.63. The molecule has 2 heterocycles. The minimum atomic E-state index is -3.23. The van der Waals surface area contributed by atoms with Gasteiger partial charge in [-0.05, 0) is 12.1 Å². The predicted molar refractivity (Wildman–Crippen MR) is 91.4 cm³/mol. The highest BCUT2D eigenvalue weighted by Crippen LogP contribution is 2.08. The fraction of sp³-hybridized carbons (Fsp3) is 0.467. The zero-order chi connectivity index (χ0) is 18.0. The van der Waals surface area contributed by atoms with Gasteiger partial charge < -0.3 is 4.90 Å². The quantitative estimate of drug-likeness (QED) is 0.708. The van der Waals surface area contributed by atoms with Crippen LogP contribution in [0.25, 0.3) is 10.9 Å². The standard InChI is InChI=1S/C15H19N5O4S/c1-25(23,24)19-10-8-18(9-11-19)14(21)6-7-20-15(22)12-4-2-3-5-13(12)16-17-20/h2-5H,6-11H2,1H3. The first-order valence-electron chi connectivity index (χ1n) is 7.92. The summed E-state index contributed by atoms with van der Waals surface area (Å²) < 4.78 is 25.5. The first kappa shape index (κ1) is 17.5.